The Bertz CT molecular complexity index is 558. The lowest BCUT2D eigenvalue weighted by Crippen LogP contribution is -2.46. The summed E-state index contributed by atoms with van der Waals surface area (Å²) in [4.78, 5) is 3.58. The number of hydrogen-bond donors (Lipinski definition) is 2. The molecule has 1 aliphatic carbocycles. The third-order valence-electron chi connectivity index (χ3n) is 2.60. The normalized spacial score (nSPS) is 23.8. The molecule has 1 fully saturated rings. The van der Waals surface area contributed by atoms with E-state index in [0.29, 0.717) is 12.8 Å². The highest BCUT2D eigenvalue weighted by atomic mass is 32.2. The van der Waals surface area contributed by atoms with Crippen molar-refractivity contribution in [3.05, 3.63) is 24.0 Å². The Hall–Kier alpha value is -1.49. The molecule has 0 radical (unpaired) electrons. The van der Waals surface area contributed by atoms with Gasteiger partial charge in [-0.05, 0) is 25.0 Å². The number of rotatable bonds is 3. The fourth-order valence-corrected chi connectivity index (χ4v) is 3.03. The second kappa shape index (κ2) is 4.41. The summed E-state index contributed by atoms with van der Waals surface area (Å²) >= 11 is 0. The van der Waals surface area contributed by atoms with Crippen LogP contribution in [0.1, 0.15) is 18.5 Å². The molecule has 90 valence electrons. The summed E-state index contributed by atoms with van der Waals surface area (Å²) in [5, 5.41) is 17.9. The van der Waals surface area contributed by atoms with E-state index >= 15 is 0 Å². The molecule has 0 amide bonds. The Kier molecular flexibility index (Phi) is 3.11. The molecule has 0 atom stereocenters. The first-order valence-corrected chi connectivity index (χ1v) is 6.57. The number of sulfonamides is 1. The van der Waals surface area contributed by atoms with E-state index in [0.717, 1.165) is 0 Å². The number of aliphatic hydroxyl groups excluding tert-OH is 1. The highest BCUT2D eigenvalue weighted by Gasteiger charge is 2.32. The molecule has 0 spiro atoms. The highest BCUT2D eigenvalue weighted by molar-refractivity contribution is 7.89. The third-order valence-corrected chi connectivity index (χ3v) is 4.15. The summed E-state index contributed by atoms with van der Waals surface area (Å²) in [6.07, 6.45) is 1.74. The summed E-state index contributed by atoms with van der Waals surface area (Å²) in [6.45, 7) is 0. The van der Waals surface area contributed by atoms with Crippen LogP contribution in [0.2, 0.25) is 0 Å². The minimum absolute atomic E-state index is 0.121. The van der Waals surface area contributed by atoms with Gasteiger partial charge in [-0.3, -0.25) is 0 Å². The first-order chi connectivity index (χ1) is 8.03. The van der Waals surface area contributed by atoms with Gasteiger partial charge in [-0.25, -0.2) is 18.1 Å². The third kappa shape index (κ3) is 2.44. The monoisotopic (exact) mass is 253 g/mol. The first kappa shape index (κ1) is 12.0. The van der Waals surface area contributed by atoms with E-state index in [9.17, 15) is 8.42 Å². The molecule has 1 aromatic heterocycles. The predicted molar refractivity (Wildman–Crippen MR) is 58.3 cm³/mol. The van der Waals surface area contributed by atoms with Crippen LogP contribution in [0.15, 0.2) is 23.2 Å². The van der Waals surface area contributed by atoms with E-state index in [1.54, 1.807) is 6.07 Å². The number of aromatic nitrogens is 1. The molecule has 2 rings (SSSR count). The number of aliphatic hydroxyl groups is 1. The van der Waals surface area contributed by atoms with Crippen molar-refractivity contribution in [1.82, 2.24) is 9.71 Å². The minimum atomic E-state index is -3.73. The van der Waals surface area contributed by atoms with E-state index in [2.05, 4.69) is 9.71 Å². The number of nitrogens with zero attached hydrogens (tertiary/aromatic N) is 2. The van der Waals surface area contributed by atoms with Crippen LogP contribution in [0.4, 0.5) is 0 Å². The minimum Gasteiger partial charge on any atom is -0.393 e. The average molecular weight is 253 g/mol. The van der Waals surface area contributed by atoms with Crippen molar-refractivity contribution in [3.63, 3.8) is 0 Å². The number of hydrogen-bond acceptors (Lipinski definition) is 5. The molecule has 2 N–H and O–H groups in total. The molecule has 0 saturated heterocycles. The van der Waals surface area contributed by atoms with Gasteiger partial charge in [-0.2, -0.15) is 5.26 Å². The second-order valence-corrected chi connectivity index (χ2v) is 5.59. The molecule has 0 aromatic carbocycles. The molecule has 0 bridgehead atoms. The van der Waals surface area contributed by atoms with Gasteiger partial charge in [-0.1, -0.05) is 0 Å². The van der Waals surface area contributed by atoms with Crippen LogP contribution in [-0.2, 0) is 10.0 Å². The van der Waals surface area contributed by atoms with Gasteiger partial charge < -0.3 is 5.11 Å². The fraction of sp³-hybridized carbons (Fsp3) is 0.400. The van der Waals surface area contributed by atoms with E-state index in [1.807, 2.05) is 0 Å². The first-order valence-electron chi connectivity index (χ1n) is 5.08. The zero-order valence-electron chi connectivity index (χ0n) is 8.87. The van der Waals surface area contributed by atoms with Crippen molar-refractivity contribution in [1.29, 1.82) is 5.26 Å². The molecule has 0 unspecified atom stereocenters. The molecule has 7 heteroatoms. The van der Waals surface area contributed by atoms with Crippen LogP contribution in [0.3, 0.4) is 0 Å². The summed E-state index contributed by atoms with van der Waals surface area (Å²) in [7, 11) is -3.73. The largest absolute Gasteiger partial charge is 0.393 e. The van der Waals surface area contributed by atoms with Gasteiger partial charge in [0.2, 0.25) is 10.0 Å². The maximum atomic E-state index is 11.9. The molecule has 0 aliphatic heterocycles. The van der Waals surface area contributed by atoms with Crippen molar-refractivity contribution >= 4 is 10.0 Å². The number of pyridine rings is 1. The maximum absolute atomic E-state index is 11.9. The molecule has 1 aliphatic rings. The van der Waals surface area contributed by atoms with E-state index < -0.39 is 16.1 Å². The van der Waals surface area contributed by atoms with Gasteiger partial charge in [0, 0.05) is 12.2 Å². The Morgan fingerprint density at radius 2 is 2.24 bits per heavy atom. The highest BCUT2D eigenvalue weighted by Crippen LogP contribution is 2.22. The smallest absolute Gasteiger partial charge is 0.243 e. The van der Waals surface area contributed by atoms with Crippen molar-refractivity contribution in [3.8, 4) is 6.07 Å². The van der Waals surface area contributed by atoms with Crippen molar-refractivity contribution < 1.29 is 13.5 Å². The summed E-state index contributed by atoms with van der Waals surface area (Å²) in [5.41, 5.74) is -0.125. The molecule has 6 nitrogen and oxygen atoms in total. The summed E-state index contributed by atoms with van der Waals surface area (Å²) < 4.78 is 26.3. The predicted octanol–water partition coefficient (Wildman–Crippen LogP) is -0.245. The van der Waals surface area contributed by atoms with Crippen LogP contribution >= 0.6 is 0 Å². The van der Waals surface area contributed by atoms with Crippen molar-refractivity contribution in [2.45, 2.75) is 29.9 Å². The van der Waals surface area contributed by atoms with Gasteiger partial charge in [0.05, 0.1) is 6.10 Å². The van der Waals surface area contributed by atoms with E-state index in [1.165, 1.54) is 18.3 Å². The maximum Gasteiger partial charge on any atom is 0.243 e. The Labute approximate surface area is 99.0 Å². The van der Waals surface area contributed by atoms with Gasteiger partial charge in [0.1, 0.15) is 11.0 Å². The van der Waals surface area contributed by atoms with E-state index in [-0.39, 0.29) is 16.6 Å². The quantitative estimate of drug-likeness (QED) is 0.773. The lowest BCUT2D eigenvalue weighted by atomic mass is 9.91. The number of nitrogens with one attached hydrogen (secondary N) is 1. The Morgan fingerprint density at radius 1 is 1.53 bits per heavy atom. The topological polar surface area (TPSA) is 103 Å². The Morgan fingerprint density at radius 3 is 2.82 bits per heavy atom. The van der Waals surface area contributed by atoms with Gasteiger partial charge in [-0.15, -0.1) is 0 Å². The molecule has 1 heterocycles. The standard InChI is InChI=1S/C10H11N3O3S/c11-6-9-10(2-1-3-12-9)17(15,16)13-7-4-8(14)5-7/h1-3,7-8,13-14H,4-5H2. The second-order valence-electron chi connectivity index (χ2n) is 3.91. The molecule has 1 saturated carbocycles. The molecular formula is C10H11N3O3S. The van der Waals surface area contributed by atoms with Crippen molar-refractivity contribution in [2.75, 3.05) is 0 Å². The molecule has 1 aromatic rings. The fourth-order valence-electron chi connectivity index (χ4n) is 1.66. The van der Waals surface area contributed by atoms with Crippen molar-refractivity contribution in [2.24, 2.45) is 0 Å². The molecule has 17 heavy (non-hydrogen) atoms. The lowest BCUT2D eigenvalue weighted by Gasteiger charge is -2.31. The van der Waals surface area contributed by atoms with Crippen LogP contribution in [0.25, 0.3) is 0 Å². The van der Waals surface area contributed by atoms with Gasteiger partial charge in [0.15, 0.2) is 5.69 Å². The summed E-state index contributed by atoms with van der Waals surface area (Å²) in [6, 6.07) is 4.28. The zero-order chi connectivity index (χ0) is 12.5. The van der Waals surface area contributed by atoms with Crippen LogP contribution in [0, 0.1) is 11.3 Å². The van der Waals surface area contributed by atoms with Gasteiger partial charge >= 0.3 is 0 Å². The van der Waals surface area contributed by atoms with Crippen LogP contribution in [0.5, 0.6) is 0 Å². The van der Waals surface area contributed by atoms with Crippen LogP contribution < -0.4 is 4.72 Å². The number of nitriles is 1. The van der Waals surface area contributed by atoms with Crippen LogP contribution in [-0.4, -0.2) is 30.7 Å². The van der Waals surface area contributed by atoms with Gasteiger partial charge in [0.25, 0.3) is 0 Å². The average Bonchev–Trinajstić information content (AvgIpc) is 2.26. The summed E-state index contributed by atoms with van der Waals surface area (Å²) in [5.74, 6) is 0. The zero-order valence-corrected chi connectivity index (χ0v) is 9.68. The molecular weight excluding hydrogens is 242 g/mol. The lowest BCUT2D eigenvalue weighted by molar-refractivity contribution is 0.0712. The van der Waals surface area contributed by atoms with E-state index in [4.69, 9.17) is 10.4 Å². The SMILES string of the molecule is N#Cc1ncccc1S(=O)(=O)NC1CC(O)C1. The Balaban J connectivity index is 2.23.